The van der Waals surface area contributed by atoms with Crippen molar-refractivity contribution in [3.8, 4) is 0 Å². The zero-order valence-corrected chi connectivity index (χ0v) is 13.2. The third-order valence-corrected chi connectivity index (χ3v) is 4.16. The molecule has 0 bridgehead atoms. The molecule has 19 heavy (non-hydrogen) atoms. The van der Waals surface area contributed by atoms with Crippen molar-refractivity contribution in [3.05, 3.63) is 34.9 Å². The minimum absolute atomic E-state index is 0.117. The highest BCUT2D eigenvalue weighted by Gasteiger charge is 2.31. The van der Waals surface area contributed by atoms with E-state index in [4.69, 9.17) is 17.3 Å². The zero-order chi connectivity index (χ0) is 14.3. The maximum Gasteiger partial charge on any atom is 0.0409 e. The van der Waals surface area contributed by atoms with Gasteiger partial charge in [-0.2, -0.15) is 0 Å². The summed E-state index contributed by atoms with van der Waals surface area (Å²) in [6, 6.07) is 8.09. The van der Waals surface area contributed by atoms with E-state index >= 15 is 0 Å². The molecule has 1 rings (SSSR count). The van der Waals surface area contributed by atoms with Crippen LogP contribution in [-0.4, -0.2) is 24.0 Å². The second kappa shape index (κ2) is 7.88. The highest BCUT2D eigenvalue weighted by molar-refractivity contribution is 6.30. The van der Waals surface area contributed by atoms with Crippen molar-refractivity contribution in [2.45, 2.75) is 51.6 Å². The van der Waals surface area contributed by atoms with E-state index in [2.05, 4.69) is 31.9 Å². The Hall–Kier alpha value is -0.570. The van der Waals surface area contributed by atoms with Crippen LogP contribution in [0.25, 0.3) is 0 Å². The number of hydrogen-bond acceptors (Lipinski definition) is 2. The van der Waals surface area contributed by atoms with Crippen molar-refractivity contribution in [2.24, 2.45) is 5.73 Å². The molecule has 0 aliphatic rings. The molecule has 3 heteroatoms. The summed E-state index contributed by atoms with van der Waals surface area (Å²) in [5, 5.41) is 0.801. The van der Waals surface area contributed by atoms with Gasteiger partial charge in [0, 0.05) is 23.7 Å². The number of nitrogens with zero attached hydrogens (tertiary/aromatic N) is 1. The summed E-state index contributed by atoms with van der Waals surface area (Å²) in [5.41, 5.74) is 7.46. The van der Waals surface area contributed by atoms with Gasteiger partial charge in [-0.25, -0.2) is 0 Å². The summed E-state index contributed by atoms with van der Waals surface area (Å²) in [6.45, 7) is 6.07. The SMILES string of the molecule is CCCC(CN)(CCC)N(C)Cc1cccc(Cl)c1. The predicted octanol–water partition coefficient (Wildman–Crippen LogP) is 4.07. The van der Waals surface area contributed by atoms with Crippen LogP contribution in [0.15, 0.2) is 24.3 Å². The Kier molecular flexibility index (Phi) is 6.84. The van der Waals surface area contributed by atoms with Crippen molar-refractivity contribution in [1.82, 2.24) is 4.90 Å². The average molecular weight is 283 g/mol. The first kappa shape index (κ1) is 16.5. The van der Waals surface area contributed by atoms with Crippen molar-refractivity contribution in [3.63, 3.8) is 0 Å². The summed E-state index contributed by atoms with van der Waals surface area (Å²) >= 11 is 6.06. The first-order valence-electron chi connectivity index (χ1n) is 7.23. The van der Waals surface area contributed by atoms with Crippen molar-refractivity contribution < 1.29 is 0 Å². The van der Waals surface area contributed by atoms with E-state index in [1.165, 1.54) is 5.56 Å². The Morgan fingerprint density at radius 1 is 1.21 bits per heavy atom. The molecule has 0 amide bonds. The van der Waals surface area contributed by atoms with E-state index in [0.29, 0.717) is 6.54 Å². The summed E-state index contributed by atoms with van der Waals surface area (Å²) in [5.74, 6) is 0. The molecule has 0 saturated carbocycles. The van der Waals surface area contributed by atoms with Crippen LogP contribution in [0.3, 0.4) is 0 Å². The van der Waals surface area contributed by atoms with Gasteiger partial charge in [-0.1, -0.05) is 50.4 Å². The summed E-state index contributed by atoms with van der Waals surface area (Å²) in [6.07, 6.45) is 4.62. The van der Waals surface area contributed by atoms with Gasteiger partial charge in [-0.05, 0) is 37.6 Å². The van der Waals surface area contributed by atoms with Gasteiger partial charge in [0.15, 0.2) is 0 Å². The quantitative estimate of drug-likeness (QED) is 0.779. The summed E-state index contributed by atoms with van der Waals surface area (Å²) in [4.78, 5) is 2.41. The highest BCUT2D eigenvalue weighted by Crippen LogP contribution is 2.27. The minimum atomic E-state index is 0.117. The molecular weight excluding hydrogens is 256 g/mol. The first-order valence-corrected chi connectivity index (χ1v) is 7.61. The first-order chi connectivity index (χ1) is 9.07. The minimum Gasteiger partial charge on any atom is -0.329 e. The average Bonchev–Trinajstić information content (AvgIpc) is 2.38. The van der Waals surface area contributed by atoms with Gasteiger partial charge in [0.05, 0.1) is 0 Å². The lowest BCUT2D eigenvalue weighted by Crippen LogP contribution is -2.51. The van der Waals surface area contributed by atoms with Gasteiger partial charge in [0.25, 0.3) is 0 Å². The highest BCUT2D eigenvalue weighted by atomic mass is 35.5. The molecule has 0 unspecified atom stereocenters. The van der Waals surface area contributed by atoms with Gasteiger partial charge in [0.2, 0.25) is 0 Å². The molecule has 0 fully saturated rings. The number of rotatable bonds is 8. The van der Waals surface area contributed by atoms with Gasteiger partial charge >= 0.3 is 0 Å². The fourth-order valence-corrected chi connectivity index (χ4v) is 3.09. The van der Waals surface area contributed by atoms with Gasteiger partial charge in [-0.3, -0.25) is 4.90 Å². The Balaban J connectivity index is 2.84. The molecule has 0 heterocycles. The largest absolute Gasteiger partial charge is 0.329 e. The van der Waals surface area contributed by atoms with Gasteiger partial charge in [0.1, 0.15) is 0 Å². The molecule has 2 N–H and O–H groups in total. The molecule has 0 atom stereocenters. The molecule has 2 nitrogen and oxygen atoms in total. The summed E-state index contributed by atoms with van der Waals surface area (Å²) in [7, 11) is 2.18. The number of nitrogens with two attached hydrogens (primary N) is 1. The monoisotopic (exact) mass is 282 g/mol. The van der Waals surface area contributed by atoms with Crippen molar-refractivity contribution in [2.75, 3.05) is 13.6 Å². The van der Waals surface area contributed by atoms with Crippen LogP contribution < -0.4 is 5.73 Å². The van der Waals surface area contributed by atoms with Gasteiger partial charge < -0.3 is 5.73 Å². The second-order valence-corrected chi connectivity index (χ2v) is 5.85. The third-order valence-electron chi connectivity index (χ3n) is 3.93. The number of benzene rings is 1. The van der Waals surface area contributed by atoms with Crippen LogP contribution in [0.5, 0.6) is 0 Å². The molecule has 0 saturated heterocycles. The molecule has 108 valence electrons. The lowest BCUT2D eigenvalue weighted by molar-refractivity contribution is 0.0955. The van der Waals surface area contributed by atoms with Crippen LogP contribution in [0.1, 0.15) is 45.1 Å². The van der Waals surface area contributed by atoms with Crippen molar-refractivity contribution >= 4 is 11.6 Å². The van der Waals surface area contributed by atoms with E-state index in [1.54, 1.807) is 0 Å². The number of hydrogen-bond donors (Lipinski definition) is 1. The molecule has 0 aromatic heterocycles. The smallest absolute Gasteiger partial charge is 0.0409 e. The van der Waals surface area contributed by atoms with Crippen LogP contribution in [0.4, 0.5) is 0 Å². The van der Waals surface area contributed by atoms with Crippen LogP contribution in [-0.2, 0) is 6.54 Å². The molecule has 0 radical (unpaired) electrons. The molecule has 0 aliphatic carbocycles. The summed E-state index contributed by atoms with van der Waals surface area (Å²) < 4.78 is 0. The fourth-order valence-electron chi connectivity index (χ4n) is 2.87. The fraction of sp³-hybridized carbons (Fsp3) is 0.625. The molecule has 1 aromatic rings. The maximum atomic E-state index is 6.10. The van der Waals surface area contributed by atoms with Crippen molar-refractivity contribution in [1.29, 1.82) is 0 Å². The van der Waals surface area contributed by atoms with E-state index < -0.39 is 0 Å². The molecule has 0 aliphatic heterocycles. The number of halogens is 1. The second-order valence-electron chi connectivity index (χ2n) is 5.41. The molecule has 1 aromatic carbocycles. The lowest BCUT2D eigenvalue weighted by atomic mass is 9.86. The van der Waals surface area contributed by atoms with E-state index in [9.17, 15) is 0 Å². The number of likely N-dealkylation sites (N-methyl/N-ethyl adjacent to an activating group) is 1. The normalized spacial score (nSPS) is 12.1. The molecular formula is C16H27ClN2. The Morgan fingerprint density at radius 2 is 1.84 bits per heavy atom. The maximum absolute atomic E-state index is 6.10. The topological polar surface area (TPSA) is 29.3 Å². The van der Waals surface area contributed by atoms with Crippen LogP contribution >= 0.6 is 11.6 Å². The van der Waals surface area contributed by atoms with E-state index in [0.717, 1.165) is 37.3 Å². The lowest BCUT2D eigenvalue weighted by Gasteiger charge is -2.41. The standard InChI is InChI=1S/C16H27ClN2/c1-4-9-16(13-18,10-5-2)19(3)12-14-7-6-8-15(17)11-14/h6-8,11H,4-5,9-10,12-13,18H2,1-3H3. The predicted molar refractivity (Wildman–Crippen MR) is 84.5 cm³/mol. The zero-order valence-electron chi connectivity index (χ0n) is 12.5. The molecule has 0 spiro atoms. The Labute approximate surface area is 122 Å². The Bertz CT molecular complexity index is 373. The third kappa shape index (κ3) is 4.48. The van der Waals surface area contributed by atoms with E-state index in [-0.39, 0.29) is 5.54 Å². The van der Waals surface area contributed by atoms with Crippen LogP contribution in [0, 0.1) is 0 Å². The van der Waals surface area contributed by atoms with E-state index in [1.807, 2.05) is 18.2 Å². The van der Waals surface area contributed by atoms with Crippen LogP contribution in [0.2, 0.25) is 5.02 Å². The van der Waals surface area contributed by atoms with Gasteiger partial charge in [-0.15, -0.1) is 0 Å². The Morgan fingerprint density at radius 3 is 2.32 bits per heavy atom.